The van der Waals surface area contributed by atoms with Gasteiger partial charge in [0.15, 0.2) is 0 Å². The molecule has 2 aromatic carbocycles. The van der Waals surface area contributed by atoms with Gasteiger partial charge in [-0.15, -0.1) is 0 Å². The topological polar surface area (TPSA) is 17.1 Å². The van der Waals surface area contributed by atoms with Gasteiger partial charge in [-0.2, -0.15) is 0 Å². The van der Waals surface area contributed by atoms with E-state index in [1.54, 1.807) is 0 Å². The lowest BCUT2D eigenvalue weighted by molar-refractivity contribution is -0.108. The zero-order chi connectivity index (χ0) is 17.8. The molecule has 0 N–H and O–H groups in total. The van der Waals surface area contributed by atoms with E-state index in [0.29, 0.717) is 5.92 Å². The molecule has 0 atom stereocenters. The zero-order valence-electron chi connectivity index (χ0n) is 15.4. The highest BCUT2D eigenvalue weighted by molar-refractivity contribution is 7.25. The summed E-state index contributed by atoms with van der Waals surface area (Å²) in [6.45, 7) is 10.8. The Morgan fingerprint density at radius 2 is 1.29 bits per heavy atom. The van der Waals surface area contributed by atoms with Crippen LogP contribution < -0.4 is 10.4 Å². The second kappa shape index (κ2) is 7.31. The van der Waals surface area contributed by atoms with Crippen LogP contribution in [0.4, 0.5) is 0 Å². The van der Waals surface area contributed by atoms with Crippen LogP contribution in [0, 0.1) is 5.92 Å². The lowest BCUT2D eigenvalue weighted by Gasteiger charge is -2.41. The summed E-state index contributed by atoms with van der Waals surface area (Å²) in [5.74, 6) is 0.368. The third-order valence-corrected chi connectivity index (χ3v) is 10.1. The second-order valence-corrected chi connectivity index (χ2v) is 12.3. The predicted molar refractivity (Wildman–Crippen MR) is 107 cm³/mol. The maximum absolute atomic E-state index is 13.6. The van der Waals surface area contributed by atoms with Gasteiger partial charge in [0.05, 0.1) is 0 Å². The van der Waals surface area contributed by atoms with Crippen LogP contribution >= 0.6 is 0 Å². The van der Waals surface area contributed by atoms with Crippen LogP contribution in [0.25, 0.3) is 0 Å². The Labute approximate surface area is 147 Å². The molecule has 0 saturated heterocycles. The zero-order valence-corrected chi connectivity index (χ0v) is 16.4. The van der Waals surface area contributed by atoms with Crippen molar-refractivity contribution in [1.82, 2.24) is 0 Å². The summed E-state index contributed by atoms with van der Waals surface area (Å²) in [4.78, 5) is 13.6. The number of hydrogen-bond acceptors (Lipinski definition) is 1. The molecule has 0 heterocycles. The summed E-state index contributed by atoms with van der Waals surface area (Å²) in [7, 11) is -2.65. The van der Waals surface area contributed by atoms with Crippen LogP contribution in [0.1, 0.15) is 34.6 Å². The average Bonchev–Trinajstić information content (AvgIpc) is 2.54. The van der Waals surface area contributed by atoms with Gasteiger partial charge in [-0.3, -0.25) is 4.79 Å². The Morgan fingerprint density at radius 3 is 1.62 bits per heavy atom. The number of rotatable bonds is 5. The van der Waals surface area contributed by atoms with Crippen molar-refractivity contribution in [2.45, 2.75) is 39.7 Å². The van der Waals surface area contributed by atoms with Crippen LogP contribution in [0.2, 0.25) is 5.04 Å². The van der Waals surface area contributed by atoms with Gasteiger partial charge in [0.1, 0.15) is 5.41 Å². The molecule has 0 aliphatic carbocycles. The second-order valence-electron chi connectivity index (χ2n) is 7.70. The van der Waals surface area contributed by atoms with Crippen LogP contribution in [0.15, 0.2) is 72.8 Å². The van der Waals surface area contributed by atoms with E-state index < -0.39 is 8.07 Å². The van der Waals surface area contributed by atoms with Crippen molar-refractivity contribution in [3.8, 4) is 0 Å². The van der Waals surface area contributed by atoms with Gasteiger partial charge in [0.2, 0.25) is 8.07 Å². The molecule has 0 saturated carbocycles. The first-order valence-electron chi connectivity index (χ1n) is 8.64. The predicted octanol–water partition coefficient (Wildman–Crippen LogP) is 4.37. The highest BCUT2D eigenvalue weighted by atomic mass is 28.3. The monoisotopic (exact) mass is 336 g/mol. The molecule has 126 valence electrons. The molecule has 2 rings (SSSR count). The quantitative estimate of drug-likeness (QED) is 0.585. The van der Waals surface area contributed by atoms with Crippen molar-refractivity contribution in [3.63, 3.8) is 0 Å². The molecule has 0 fully saturated rings. The van der Waals surface area contributed by atoms with Gasteiger partial charge in [-0.05, 0) is 27.4 Å². The Morgan fingerprint density at radius 1 is 0.875 bits per heavy atom. The SMILES string of the molecule is CC(C)/C=C/C(=O)[Si](c1ccccc1)(c1ccccc1)C(C)(C)C. The number of hydrogen-bond donors (Lipinski definition) is 0. The fourth-order valence-electron chi connectivity index (χ4n) is 3.47. The minimum absolute atomic E-state index is 0.131. The summed E-state index contributed by atoms with van der Waals surface area (Å²) >= 11 is 0. The molecular formula is C22H28OSi. The Bertz CT molecular complexity index is 654. The minimum Gasteiger partial charge on any atom is -0.300 e. The van der Waals surface area contributed by atoms with E-state index in [-0.39, 0.29) is 10.4 Å². The third kappa shape index (κ3) is 3.44. The molecule has 1 nitrogen and oxygen atoms in total. The summed E-state index contributed by atoms with van der Waals surface area (Å²) in [5.41, 5.74) is 0. The Kier molecular flexibility index (Phi) is 5.61. The third-order valence-electron chi connectivity index (χ3n) is 4.54. The Hall–Kier alpha value is -1.93. The van der Waals surface area contributed by atoms with Gasteiger partial charge in [-0.25, -0.2) is 0 Å². The molecule has 0 aromatic heterocycles. The molecule has 2 heteroatoms. The lowest BCUT2D eigenvalue weighted by Crippen LogP contribution is -2.69. The van der Waals surface area contributed by atoms with Crippen molar-refractivity contribution in [3.05, 3.63) is 72.8 Å². The Balaban J connectivity index is 2.78. The van der Waals surface area contributed by atoms with Crippen molar-refractivity contribution in [2.24, 2.45) is 5.92 Å². The van der Waals surface area contributed by atoms with Crippen molar-refractivity contribution in [1.29, 1.82) is 0 Å². The molecule has 0 spiro atoms. The summed E-state index contributed by atoms with van der Waals surface area (Å²) in [6.07, 6.45) is 3.86. The van der Waals surface area contributed by atoms with E-state index in [0.717, 1.165) is 0 Å². The average molecular weight is 337 g/mol. The van der Waals surface area contributed by atoms with Crippen LogP contribution in [0.5, 0.6) is 0 Å². The van der Waals surface area contributed by atoms with Crippen LogP contribution in [0.3, 0.4) is 0 Å². The van der Waals surface area contributed by atoms with E-state index in [4.69, 9.17) is 0 Å². The standard InChI is InChI=1S/C22H28OSi/c1-18(2)16-17-21(23)24(22(3,4)5,19-12-8-6-9-13-19)20-14-10-7-11-15-20/h6-18H,1-5H3/b17-16+. The molecule has 0 unspecified atom stereocenters. The van der Waals surface area contributed by atoms with Crippen LogP contribution in [-0.4, -0.2) is 13.5 Å². The van der Waals surface area contributed by atoms with Gasteiger partial charge in [0, 0.05) is 0 Å². The number of benzene rings is 2. The summed E-state index contributed by atoms with van der Waals surface area (Å²) in [5, 5.41) is 2.51. The van der Waals surface area contributed by atoms with Crippen molar-refractivity contribution >= 4 is 23.9 Å². The molecule has 0 aliphatic heterocycles. The highest BCUT2D eigenvalue weighted by Gasteiger charge is 2.52. The fourth-order valence-corrected chi connectivity index (χ4v) is 8.57. The molecule has 2 aromatic rings. The number of allylic oxidation sites excluding steroid dienone is 2. The molecule has 0 aliphatic rings. The molecule has 0 amide bonds. The van der Waals surface area contributed by atoms with Gasteiger partial charge >= 0.3 is 0 Å². The smallest absolute Gasteiger partial charge is 0.204 e. The minimum atomic E-state index is -2.65. The molecule has 24 heavy (non-hydrogen) atoms. The molecule has 0 radical (unpaired) electrons. The van der Waals surface area contributed by atoms with Crippen LogP contribution in [-0.2, 0) is 4.79 Å². The van der Waals surface area contributed by atoms with Gasteiger partial charge < -0.3 is 0 Å². The normalized spacial score (nSPS) is 12.8. The van der Waals surface area contributed by atoms with E-state index >= 15 is 0 Å². The lowest BCUT2D eigenvalue weighted by atomic mass is 10.2. The maximum atomic E-state index is 13.6. The van der Waals surface area contributed by atoms with E-state index in [2.05, 4.69) is 58.9 Å². The van der Waals surface area contributed by atoms with Gasteiger partial charge in [0.25, 0.3) is 0 Å². The van der Waals surface area contributed by atoms with Crippen molar-refractivity contribution < 1.29 is 4.79 Å². The van der Waals surface area contributed by atoms with E-state index in [1.807, 2.05) is 48.6 Å². The molecular weight excluding hydrogens is 308 g/mol. The summed E-state index contributed by atoms with van der Waals surface area (Å²) < 4.78 is 0. The first-order chi connectivity index (χ1) is 11.3. The van der Waals surface area contributed by atoms with Crippen molar-refractivity contribution in [2.75, 3.05) is 0 Å². The number of carbonyl (C=O) groups is 1. The highest BCUT2D eigenvalue weighted by Crippen LogP contribution is 2.36. The van der Waals surface area contributed by atoms with E-state index in [9.17, 15) is 4.79 Å². The van der Waals surface area contributed by atoms with Gasteiger partial charge in [-0.1, -0.05) is 101 Å². The maximum Gasteiger partial charge on any atom is 0.204 e. The fraction of sp³-hybridized carbons (Fsp3) is 0.318. The summed E-state index contributed by atoms with van der Waals surface area (Å²) in [6, 6.07) is 20.7. The largest absolute Gasteiger partial charge is 0.300 e. The molecule has 0 bridgehead atoms. The first-order valence-corrected chi connectivity index (χ1v) is 10.6. The van der Waals surface area contributed by atoms with E-state index in [1.165, 1.54) is 10.4 Å². The first kappa shape index (κ1) is 18.4. The number of carbonyl (C=O) groups excluding carboxylic acids is 1.